The van der Waals surface area contributed by atoms with E-state index in [0.29, 0.717) is 10.7 Å². The molecule has 0 saturated carbocycles. The fourth-order valence-electron chi connectivity index (χ4n) is 2.23. The van der Waals surface area contributed by atoms with Crippen molar-refractivity contribution in [1.29, 1.82) is 0 Å². The highest BCUT2D eigenvalue weighted by Gasteiger charge is 2.34. The minimum absolute atomic E-state index is 0.0977. The highest BCUT2D eigenvalue weighted by atomic mass is 32.2. The second-order valence-corrected chi connectivity index (χ2v) is 6.28. The minimum atomic E-state index is -0.383. The van der Waals surface area contributed by atoms with Crippen molar-refractivity contribution in [2.24, 2.45) is 0 Å². The number of furan rings is 1. The van der Waals surface area contributed by atoms with E-state index in [1.807, 2.05) is 0 Å². The number of thioether (sulfide) groups is 1. The van der Waals surface area contributed by atoms with E-state index in [1.54, 1.807) is 49.7 Å². The van der Waals surface area contributed by atoms with Crippen LogP contribution in [0.5, 0.6) is 0 Å². The molecule has 1 N–H and O–H groups in total. The molecule has 25 heavy (non-hydrogen) atoms. The van der Waals surface area contributed by atoms with Gasteiger partial charge in [0, 0.05) is 25.5 Å². The van der Waals surface area contributed by atoms with E-state index in [4.69, 9.17) is 4.42 Å². The summed E-state index contributed by atoms with van der Waals surface area (Å²) >= 11 is 0.875. The zero-order chi connectivity index (χ0) is 17.8. The van der Waals surface area contributed by atoms with Gasteiger partial charge in [0.05, 0.1) is 4.91 Å². The van der Waals surface area contributed by atoms with E-state index in [0.717, 1.165) is 22.2 Å². The van der Waals surface area contributed by atoms with Crippen LogP contribution in [-0.4, -0.2) is 40.0 Å². The normalized spacial score (nSPS) is 15.9. The number of carbonyl (C=O) groups is 3. The summed E-state index contributed by atoms with van der Waals surface area (Å²) in [5.74, 6) is 0.0765. The first-order chi connectivity index (χ1) is 12.0. The molecule has 1 fully saturated rings. The van der Waals surface area contributed by atoms with Crippen LogP contribution in [0.15, 0.2) is 46.0 Å². The molecule has 8 heteroatoms. The molecule has 1 saturated heterocycles. The van der Waals surface area contributed by atoms with Crippen molar-refractivity contribution in [2.45, 2.75) is 6.92 Å². The molecule has 7 nitrogen and oxygen atoms in total. The molecule has 0 aliphatic carbocycles. The number of nitrogens with one attached hydrogen (secondary N) is 1. The van der Waals surface area contributed by atoms with Gasteiger partial charge in [0.15, 0.2) is 5.76 Å². The predicted octanol–water partition coefficient (Wildman–Crippen LogP) is 2.45. The number of hydrogen-bond acceptors (Lipinski definition) is 6. The lowest BCUT2D eigenvalue weighted by Crippen LogP contribution is -2.37. The van der Waals surface area contributed by atoms with Crippen LogP contribution in [0.25, 0.3) is 6.08 Å². The molecule has 0 bridgehead atoms. The van der Waals surface area contributed by atoms with Crippen molar-refractivity contribution in [1.82, 2.24) is 15.2 Å². The second-order valence-electron chi connectivity index (χ2n) is 5.29. The average molecular weight is 357 g/mol. The van der Waals surface area contributed by atoms with E-state index < -0.39 is 0 Å². The van der Waals surface area contributed by atoms with E-state index in [2.05, 4.69) is 10.3 Å². The van der Waals surface area contributed by atoms with Gasteiger partial charge in [-0.3, -0.25) is 24.3 Å². The molecule has 0 spiro atoms. The fraction of sp³-hybridized carbons (Fsp3) is 0.176. The Bertz CT molecular complexity index is 845. The first kappa shape index (κ1) is 17.0. The number of rotatable bonds is 5. The largest absolute Gasteiger partial charge is 0.456 e. The van der Waals surface area contributed by atoms with Crippen LogP contribution in [-0.2, 0) is 4.79 Å². The van der Waals surface area contributed by atoms with Crippen LogP contribution >= 0.6 is 11.8 Å². The van der Waals surface area contributed by atoms with E-state index in [1.165, 1.54) is 0 Å². The molecular weight excluding hydrogens is 342 g/mol. The molecule has 0 aromatic carbocycles. The number of amides is 3. The molecular formula is C17H15N3O4S. The summed E-state index contributed by atoms with van der Waals surface area (Å²) in [5, 5.41) is 2.27. The molecule has 0 radical (unpaired) electrons. The van der Waals surface area contributed by atoms with Crippen LogP contribution in [0.3, 0.4) is 0 Å². The summed E-state index contributed by atoms with van der Waals surface area (Å²) in [6, 6.07) is 6.81. The molecule has 2 aromatic heterocycles. The van der Waals surface area contributed by atoms with Gasteiger partial charge in [0.2, 0.25) is 0 Å². The summed E-state index contributed by atoms with van der Waals surface area (Å²) in [5.41, 5.74) is 0.745. The van der Waals surface area contributed by atoms with Crippen molar-refractivity contribution in [3.8, 4) is 0 Å². The number of pyridine rings is 1. The molecule has 3 amide bonds. The Morgan fingerprint density at radius 1 is 1.36 bits per heavy atom. The first-order valence-corrected chi connectivity index (χ1v) is 8.36. The number of carbonyl (C=O) groups excluding carboxylic acids is 3. The minimum Gasteiger partial charge on any atom is -0.456 e. The van der Waals surface area contributed by atoms with Crippen LogP contribution in [0.4, 0.5) is 4.79 Å². The standard InChI is InChI=1S/C17H15N3O4S/c1-11-4-5-13(24-11)15(21)19-7-8-20-16(22)14(25-17(20)23)9-12-3-2-6-18-10-12/h2-6,9-10H,7-8H2,1H3,(H,19,21). The lowest BCUT2D eigenvalue weighted by atomic mass is 10.2. The average Bonchev–Trinajstić information content (AvgIpc) is 3.14. The molecule has 2 aromatic rings. The van der Waals surface area contributed by atoms with Gasteiger partial charge in [-0.2, -0.15) is 0 Å². The Kier molecular flexibility index (Phi) is 4.99. The fourth-order valence-corrected chi connectivity index (χ4v) is 3.10. The maximum atomic E-state index is 12.3. The van der Waals surface area contributed by atoms with Gasteiger partial charge in [-0.1, -0.05) is 6.07 Å². The maximum absolute atomic E-state index is 12.3. The third-order valence-corrected chi connectivity index (χ3v) is 4.35. The number of hydrogen-bond donors (Lipinski definition) is 1. The van der Waals surface area contributed by atoms with Gasteiger partial charge in [0.25, 0.3) is 17.1 Å². The zero-order valence-electron chi connectivity index (χ0n) is 13.4. The summed E-state index contributed by atoms with van der Waals surface area (Å²) < 4.78 is 5.21. The lowest BCUT2D eigenvalue weighted by molar-refractivity contribution is -0.122. The number of aryl methyl sites for hydroxylation is 1. The first-order valence-electron chi connectivity index (χ1n) is 7.54. The van der Waals surface area contributed by atoms with Crippen LogP contribution in [0.2, 0.25) is 0 Å². The summed E-state index contributed by atoms with van der Waals surface area (Å²) in [7, 11) is 0. The van der Waals surface area contributed by atoms with Gasteiger partial charge < -0.3 is 9.73 Å². The highest BCUT2D eigenvalue weighted by molar-refractivity contribution is 8.18. The van der Waals surface area contributed by atoms with Crippen molar-refractivity contribution in [3.05, 3.63) is 58.6 Å². The maximum Gasteiger partial charge on any atom is 0.293 e. The lowest BCUT2D eigenvalue weighted by Gasteiger charge is -2.12. The third kappa shape index (κ3) is 3.97. The van der Waals surface area contributed by atoms with Gasteiger partial charge in [-0.05, 0) is 48.5 Å². The molecule has 3 rings (SSSR count). The Morgan fingerprint density at radius 2 is 2.20 bits per heavy atom. The molecule has 0 atom stereocenters. The van der Waals surface area contributed by atoms with Gasteiger partial charge in [-0.25, -0.2) is 0 Å². The van der Waals surface area contributed by atoms with Crippen LogP contribution in [0.1, 0.15) is 21.9 Å². The van der Waals surface area contributed by atoms with Gasteiger partial charge >= 0.3 is 0 Å². The highest BCUT2D eigenvalue weighted by Crippen LogP contribution is 2.31. The predicted molar refractivity (Wildman–Crippen MR) is 92.7 cm³/mol. The summed E-state index contributed by atoms with van der Waals surface area (Å²) in [6.45, 7) is 1.99. The zero-order valence-corrected chi connectivity index (χ0v) is 14.2. The van der Waals surface area contributed by atoms with Crippen LogP contribution in [0, 0.1) is 6.92 Å². The Balaban J connectivity index is 1.58. The number of aromatic nitrogens is 1. The summed E-state index contributed by atoms with van der Waals surface area (Å²) in [4.78, 5) is 41.7. The topological polar surface area (TPSA) is 92.5 Å². The quantitative estimate of drug-likeness (QED) is 0.826. The molecule has 1 aliphatic rings. The Morgan fingerprint density at radius 3 is 2.88 bits per heavy atom. The van der Waals surface area contributed by atoms with Crippen LogP contribution < -0.4 is 5.32 Å². The molecule has 0 unspecified atom stereocenters. The van der Waals surface area contributed by atoms with Gasteiger partial charge in [0.1, 0.15) is 5.76 Å². The van der Waals surface area contributed by atoms with Crippen molar-refractivity contribution >= 4 is 34.9 Å². The second kappa shape index (κ2) is 7.35. The third-order valence-electron chi connectivity index (χ3n) is 3.44. The SMILES string of the molecule is Cc1ccc(C(=O)NCCN2C(=O)SC(=Cc3cccnc3)C2=O)o1. The van der Waals surface area contributed by atoms with Crippen molar-refractivity contribution in [3.63, 3.8) is 0 Å². The monoisotopic (exact) mass is 357 g/mol. The van der Waals surface area contributed by atoms with E-state index >= 15 is 0 Å². The van der Waals surface area contributed by atoms with Crippen molar-refractivity contribution in [2.75, 3.05) is 13.1 Å². The molecule has 1 aliphatic heterocycles. The molecule has 128 valence electrons. The van der Waals surface area contributed by atoms with E-state index in [9.17, 15) is 14.4 Å². The number of imide groups is 1. The van der Waals surface area contributed by atoms with E-state index in [-0.39, 0.29) is 35.9 Å². The Hall–Kier alpha value is -2.87. The Labute approximate surface area is 148 Å². The smallest absolute Gasteiger partial charge is 0.293 e. The summed E-state index contributed by atoms with van der Waals surface area (Å²) in [6.07, 6.45) is 4.87. The number of nitrogens with zero attached hydrogens (tertiary/aromatic N) is 2. The van der Waals surface area contributed by atoms with Gasteiger partial charge in [-0.15, -0.1) is 0 Å². The molecule has 3 heterocycles. The van der Waals surface area contributed by atoms with Crippen molar-refractivity contribution < 1.29 is 18.8 Å².